The molecule has 3 rings (SSSR count). The molecule has 0 aliphatic carbocycles. The van der Waals surface area contributed by atoms with E-state index in [-0.39, 0.29) is 19.3 Å². The van der Waals surface area contributed by atoms with Crippen LogP contribution < -0.4 is 9.47 Å². The van der Waals surface area contributed by atoms with Gasteiger partial charge < -0.3 is 14.2 Å². The molecular weight excluding hydrogens is 332 g/mol. The van der Waals surface area contributed by atoms with Gasteiger partial charge in [-0.25, -0.2) is 22.4 Å². The molecule has 0 spiro atoms. The van der Waals surface area contributed by atoms with Crippen LogP contribution in [-0.2, 0) is 4.74 Å². The van der Waals surface area contributed by atoms with Crippen molar-refractivity contribution in [1.29, 1.82) is 0 Å². The van der Waals surface area contributed by atoms with E-state index in [9.17, 15) is 22.4 Å². The second-order valence-corrected chi connectivity index (χ2v) is 4.94. The van der Waals surface area contributed by atoms with Gasteiger partial charge in [0.05, 0.1) is 0 Å². The van der Waals surface area contributed by atoms with E-state index in [0.717, 1.165) is 0 Å². The van der Waals surface area contributed by atoms with E-state index in [1.807, 2.05) is 0 Å². The molecule has 0 unspecified atom stereocenters. The minimum atomic E-state index is -2.08. The summed E-state index contributed by atoms with van der Waals surface area (Å²) in [5.41, 5.74) is -1.04. The first-order valence-electron chi connectivity index (χ1n) is 6.86. The summed E-state index contributed by atoms with van der Waals surface area (Å²) in [4.78, 5) is 11.8. The number of hydrogen-bond acceptors (Lipinski definition) is 4. The predicted octanol–water partition coefficient (Wildman–Crippen LogP) is 3.24. The second-order valence-electron chi connectivity index (χ2n) is 4.94. The lowest BCUT2D eigenvalue weighted by Crippen LogP contribution is -2.34. The van der Waals surface area contributed by atoms with Crippen molar-refractivity contribution >= 4 is 5.97 Å². The molecule has 1 atom stereocenters. The Kier molecular flexibility index (Phi) is 4.28. The van der Waals surface area contributed by atoms with E-state index in [2.05, 4.69) is 0 Å². The highest BCUT2D eigenvalue weighted by atomic mass is 19.2. The molecule has 0 amide bonds. The highest BCUT2D eigenvalue weighted by molar-refractivity contribution is 5.89. The fourth-order valence-corrected chi connectivity index (χ4v) is 2.11. The topological polar surface area (TPSA) is 44.8 Å². The van der Waals surface area contributed by atoms with Gasteiger partial charge in [-0.15, -0.1) is 0 Å². The summed E-state index contributed by atoms with van der Waals surface area (Å²) in [6, 6.07) is 7.05. The van der Waals surface area contributed by atoms with Gasteiger partial charge >= 0.3 is 5.97 Å². The van der Waals surface area contributed by atoms with Gasteiger partial charge in [0, 0.05) is 0 Å². The van der Waals surface area contributed by atoms with Gasteiger partial charge in [-0.1, -0.05) is 12.1 Å². The third-order valence-electron chi connectivity index (χ3n) is 3.29. The first-order chi connectivity index (χ1) is 11.5. The SMILES string of the molecule is O=C(OC[C@@H]1COc2ccccc2O1)c1cc(F)c(F)c(F)c1F. The van der Waals surface area contributed by atoms with Crippen LogP contribution >= 0.6 is 0 Å². The Labute approximate surface area is 133 Å². The number of ether oxygens (including phenoxy) is 3. The Balaban J connectivity index is 1.67. The molecule has 2 aromatic carbocycles. The molecule has 0 N–H and O–H groups in total. The monoisotopic (exact) mass is 342 g/mol. The molecule has 0 bridgehead atoms. The first-order valence-corrected chi connectivity index (χ1v) is 6.86. The Morgan fingerprint density at radius 3 is 2.54 bits per heavy atom. The molecule has 0 saturated carbocycles. The van der Waals surface area contributed by atoms with Crippen molar-refractivity contribution in [1.82, 2.24) is 0 Å². The van der Waals surface area contributed by atoms with Crippen molar-refractivity contribution in [2.24, 2.45) is 0 Å². The number of carbonyl (C=O) groups is 1. The molecule has 0 fully saturated rings. The lowest BCUT2D eigenvalue weighted by atomic mass is 10.2. The van der Waals surface area contributed by atoms with Gasteiger partial charge in [0.25, 0.3) is 0 Å². The van der Waals surface area contributed by atoms with Gasteiger partial charge in [0.15, 0.2) is 40.9 Å². The van der Waals surface area contributed by atoms with E-state index in [4.69, 9.17) is 14.2 Å². The molecule has 126 valence electrons. The highest BCUT2D eigenvalue weighted by Gasteiger charge is 2.26. The van der Waals surface area contributed by atoms with Crippen LogP contribution in [0.25, 0.3) is 0 Å². The summed E-state index contributed by atoms with van der Waals surface area (Å²) in [6.45, 7) is -0.272. The number of para-hydroxylation sites is 2. The van der Waals surface area contributed by atoms with E-state index in [0.29, 0.717) is 11.5 Å². The second kappa shape index (κ2) is 6.38. The lowest BCUT2D eigenvalue weighted by molar-refractivity contribution is 0.0105. The maximum Gasteiger partial charge on any atom is 0.341 e. The summed E-state index contributed by atoms with van der Waals surface area (Å²) in [5, 5.41) is 0. The zero-order chi connectivity index (χ0) is 17.3. The molecule has 1 heterocycles. The number of esters is 1. The lowest BCUT2D eigenvalue weighted by Gasteiger charge is -2.26. The third-order valence-corrected chi connectivity index (χ3v) is 3.29. The standard InChI is InChI=1S/C16H10F4O4/c17-10-5-9(13(18)15(20)14(10)19)16(21)23-7-8-6-22-11-3-1-2-4-12(11)24-8/h1-5,8H,6-7H2/t8-/m0/s1. The van der Waals surface area contributed by atoms with Crippen molar-refractivity contribution in [3.8, 4) is 11.5 Å². The van der Waals surface area contributed by atoms with Crippen LogP contribution in [-0.4, -0.2) is 25.3 Å². The average Bonchev–Trinajstić information content (AvgIpc) is 2.60. The molecule has 1 aliphatic heterocycles. The molecule has 4 nitrogen and oxygen atoms in total. The first kappa shape index (κ1) is 16.1. The number of fused-ring (bicyclic) bond motifs is 1. The van der Waals surface area contributed by atoms with Gasteiger partial charge in [0.2, 0.25) is 0 Å². The molecule has 24 heavy (non-hydrogen) atoms. The van der Waals surface area contributed by atoms with Crippen LogP contribution in [0.2, 0.25) is 0 Å². The summed E-state index contributed by atoms with van der Waals surface area (Å²) in [7, 11) is 0. The zero-order valence-electron chi connectivity index (χ0n) is 12.0. The van der Waals surface area contributed by atoms with Crippen LogP contribution in [0, 0.1) is 23.3 Å². The maximum atomic E-state index is 13.5. The Morgan fingerprint density at radius 1 is 1.08 bits per heavy atom. The van der Waals surface area contributed by atoms with Crippen molar-refractivity contribution in [3.63, 3.8) is 0 Å². The smallest absolute Gasteiger partial charge is 0.341 e. The molecule has 0 aromatic heterocycles. The van der Waals surface area contributed by atoms with Crippen LogP contribution in [0.15, 0.2) is 30.3 Å². The zero-order valence-corrected chi connectivity index (χ0v) is 12.0. The summed E-state index contributed by atoms with van der Waals surface area (Å²) in [5.74, 6) is -7.95. The molecule has 8 heteroatoms. The van der Waals surface area contributed by atoms with E-state index < -0.39 is 40.9 Å². The van der Waals surface area contributed by atoms with E-state index >= 15 is 0 Å². The minimum Gasteiger partial charge on any atom is -0.486 e. The summed E-state index contributed by atoms with van der Waals surface area (Å²) in [6.07, 6.45) is -0.679. The molecule has 2 aromatic rings. The number of rotatable bonds is 3. The molecular formula is C16H10F4O4. The van der Waals surface area contributed by atoms with Crippen LogP contribution in [0.3, 0.4) is 0 Å². The quantitative estimate of drug-likeness (QED) is 0.372. The van der Waals surface area contributed by atoms with Crippen molar-refractivity contribution in [2.75, 3.05) is 13.2 Å². The van der Waals surface area contributed by atoms with Crippen LogP contribution in [0.5, 0.6) is 11.5 Å². The van der Waals surface area contributed by atoms with Crippen molar-refractivity contribution in [2.45, 2.75) is 6.10 Å². The number of carbonyl (C=O) groups excluding carboxylic acids is 1. The maximum absolute atomic E-state index is 13.5. The summed E-state index contributed by atoms with van der Waals surface area (Å²) >= 11 is 0. The van der Waals surface area contributed by atoms with E-state index in [1.165, 1.54) is 0 Å². The molecule has 0 radical (unpaired) electrons. The Bertz CT molecular complexity index is 794. The van der Waals surface area contributed by atoms with Crippen LogP contribution in [0.1, 0.15) is 10.4 Å². The van der Waals surface area contributed by atoms with Gasteiger partial charge in [-0.3, -0.25) is 0 Å². The fourth-order valence-electron chi connectivity index (χ4n) is 2.11. The van der Waals surface area contributed by atoms with Crippen molar-refractivity contribution < 1.29 is 36.6 Å². The Morgan fingerprint density at radius 2 is 1.79 bits per heavy atom. The number of benzene rings is 2. The highest BCUT2D eigenvalue weighted by Crippen LogP contribution is 2.31. The van der Waals surface area contributed by atoms with Crippen molar-refractivity contribution in [3.05, 3.63) is 59.2 Å². The van der Waals surface area contributed by atoms with Gasteiger partial charge in [0.1, 0.15) is 18.8 Å². The number of hydrogen-bond donors (Lipinski definition) is 0. The fraction of sp³-hybridized carbons (Fsp3) is 0.188. The van der Waals surface area contributed by atoms with Gasteiger partial charge in [-0.05, 0) is 18.2 Å². The minimum absolute atomic E-state index is 0.0684. The number of halogens is 4. The third kappa shape index (κ3) is 2.99. The Hall–Kier alpha value is -2.77. The van der Waals surface area contributed by atoms with Gasteiger partial charge in [-0.2, -0.15) is 0 Å². The van der Waals surface area contributed by atoms with E-state index in [1.54, 1.807) is 24.3 Å². The van der Waals surface area contributed by atoms with Crippen LogP contribution in [0.4, 0.5) is 17.6 Å². The largest absolute Gasteiger partial charge is 0.486 e. The molecule has 1 aliphatic rings. The normalized spacial score (nSPS) is 15.9. The summed E-state index contributed by atoms with van der Waals surface area (Å²) < 4.78 is 68.3. The average molecular weight is 342 g/mol. The predicted molar refractivity (Wildman–Crippen MR) is 72.9 cm³/mol. The molecule has 0 saturated heterocycles.